The maximum Gasteiger partial charge on any atom is 0.223 e. The molecule has 3 rings (SSSR count). The van der Waals surface area contributed by atoms with Crippen LogP contribution in [0, 0.1) is 0 Å². The van der Waals surface area contributed by atoms with Crippen molar-refractivity contribution in [1.29, 1.82) is 0 Å². The Morgan fingerprint density at radius 1 is 0.960 bits per heavy atom. The van der Waals surface area contributed by atoms with Crippen LogP contribution in [0.4, 0.5) is 0 Å². The lowest BCUT2D eigenvalue weighted by molar-refractivity contribution is 0.454. The maximum atomic E-state index is 6.03. The van der Waals surface area contributed by atoms with Gasteiger partial charge in [0.15, 0.2) is 5.16 Å². The van der Waals surface area contributed by atoms with Gasteiger partial charge in [0.05, 0.1) is 0 Å². The summed E-state index contributed by atoms with van der Waals surface area (Å²) in [5.74, 6) is 1.97. The summed E-state index contributed by atoms with van der Waals surface area (Å²) in [5, 5.41) is 2.08. The highest BCUT2D eigenvalue weighted by Crippen LogP contribution is 2.26. The van der Waals surface area contributed by atoms with E-state index in [9.17, 15) is 0 Å². The summed E-state index contributed by atoms with van der Waals surface area (Å²) in [6.45, 7) is 2.06. The molecule has 0 bridgehead atoms. The fraction of sp³-hybridized carbons (Fsp3) is 0.158. The van der Waals surface area contributed by atoms with Gasteiger partial charge in [-0.05, 0) is 48.4 Å². The minimum atomic E-state index is 0.530. The Morgan fingerprint density at radius 2 is 1.76 bits per heavy atom. The first-order valence-electron chi connectivity index (χ1n) is 7.81. The lowest BCUT2D eigenvalue weighted by atomic mass is 10.2. The number of thioether (sulfide) groups is 1. The topological polar surface area (TPSA) is 35.0 Å². The summed E-state index contributed by atoms with van der Waals surface area (Å²) in [6.07, 6.45) is 0.810. The van der Waals surface area contributed by atoms with Crippen LogP contribution in [0.3, 0.4) is 0 Å². The second kappa shape index (κ2) is 8.56. The van der Waals surface area contributed by atoms with Crippen LogP contribution in [0.2, 0.25) is 10.0 Å². The van der Waals surface area contributed by atoms with Crippen LogP contribution < -0.4 is 4.74 Å². The molecule has 25 heavy (non-hydrogen) atoms. The van der Waals surface area contributed by atoms with Crippen molar-refractivity contribution in [1.82, 2.24) is 9.97 Å². The molecule has 0 saturated heterocycles. The highest BCUT2D eigenvalue weighted by molar-refractivity contribution is 7.98. The Hall–Kier alpha value is -1.75. The molecule has 3 nitrogen and oxygen atoms in total. The van der Waals surface area contributed by atoms with Crippen molar-refractivity contribution in [3.63, 3.8) is 0 Å². The van der Waals surface area contributed by atoms with E-state index in [4.69, 9.17) is 27.9 Å². The molecule has 0 unspecified atom stereocenters. The number of aromatic nitrogens is 2. The van der Waals surface area contributed by atoms with Crippen LogP contribution in [0.1, 0.15) is 18.2 Å². The Morgan fingerprint density at radius 3 is 2.48 bits per heavy atom. The largest absolute Gasteiger partial charge is 0.439 e. The van der Waals surface area contributed by atoms with Gasteiger partial charge in [-0.3, -0.25) is 0 Å². The van der Waals surface area contributed by atoms with Crippen molar-refractivity contribution in [2.24, 2.45) is 0 Å². The van der Waals surface area contributed by atoms with Gasteiger partial charge in [-0.1, -0.05) is 54.0 Å². The maximum absolute atomic E-state index is 6.03. The predicted octanol–water partition coefficient (Wildman–Crippen LogP) is 6.43. The predicted molar refractivity (Wildman–Crippen MR) is 104 cm³/mol. The van der Waals surface area contributed by atoms with Crippen LogP contribution >= 0.6 is 35.0 Å². The summed E-state index contributed by atoms with van der Waals surface area (Å²) in [6, 6.07) is 16.8. The molecule has 128 valence electrons. The van der Waals surface area contributed by atoms with E-state index in [2.05, 4.69) is 16.9 Å². The van der Waals surface area contributed by atoms with Crippen molar-refractivity contribution in [2.75, 3.05) is 0 Å². The van der Waals surface area contributed by atoms with Gasteiger partial charge in [0.25, 0.3) is 0 Å². The third-order valence-electron chi connectivity index (χ3n) is 3.39. The van der Waals surface area contributed by atoms with E-state index in [1.54, 1.807) is 23.9 Å². The zero-order chi connectivity index (χ0) is 17.6. The molecule has 0 atom stereocenters. The molecule has 0 N–H and O–H groups in total. The Balaban J connectivity index is 1.76. The molecule has 1 heterocycles. The van der Waals surface area contributed by atoms with Gasteiger partial charge in [-0.2, -0.15) is 4.98 Å². The highest BCUT2D eigenvalue weighted by atomic mass is 35.5. The minimum Gasteiger partial charge on any atom is -0.439 e. The zero-order valence-electron chi connectivity index (χ0n) is 13.6. The van der Waals surface area contributed by atoms with Gasteiger partial charge >= 0.3 is 0 Å². The molecule has 0 radical (unpaired) electrons. The van der Waals surface area contributed by atoms with E-state index in [1.807, 2.05) is 42.5 Å². The number of rotatable bonds is 6. The number of hydrogen-bond acceptors (Lipinski definition) is 4. The quantitative estimate of drug-likeness (QED) is 0.358. The molecule has 0 aliphatic rings. The fourth-order valence-corrected chi connectivity index (χ4v) is 3.30. The number of hydrogen-bond donors (Lipinski definition) is 0. The first-order chi connectivity index (χ1) is 12.1. The molecule has 2 aromatic carbocycles. The molecule has 1 aromatic heterocycles. The monoisotopic (exact) mass is 390 g/mol. The summed E-state index contributed by atoms with van der Waals surface area (Å²) in [5.41, 5.74) is 2.07. The van der Waals surface area contributed by atoms with Gasteiger partial charge in [-0.15, -0.1) is 0 Å². The Bertz CT molecular complexity index is 856. The van der Waals surface area contributed by atoms with Crippen LogP contribution in [0.25, 0.3) is 0 Å². The molecular formula is C19H16Cl2N2OS. The smallest absolute Gasteiger partial charge is 0.223 e. The number of halogens is 2. The van der Waals surface area contributed by atoms with E-state index in [-0.39, 0.29) is 0 Å². The van der Waals surface area contributed by atoms with Gasteiger partial charge in [0.2, 0.25) is 5.88 Å². The molecule has 0 saturated carbocycles. The summed E-state index contributed by atoms with van der Waals surface area (Å²) >= 11 is 13.5. The highest BCUT2D eigenvalue weighted by Gasteiger charge is 2.07. The Labute approximate surface area is 161 Å². The molecule has 0 fully saturated rings. The molecule has 3 aromatic rings. The summed E-state index contributed by atoms with van der Waals surface area (Å²) in [7, 11) is 0. The average molecular weight is 391 g/mol. The van der Waals surface area contributed by atoms with Crippen LogP contribution in [-0.2, 0) is 12.2 Å². The molecular weight excluding hydrogens is 375 g/mol. The first-order valence-corrected chi connectivity index (χ1v) is 9.55. The molecule has 6 heteroatoms. The second-order valence-corrected chi connectivity index (χ2v) is 7.12. The fourth-order valence-electron chi connectivity index (χ4n) is 2.15. The molecule has 0 amide bonds. The van der Waals surface area contributed by atoms with Crippen LogP contribution in [-0.4, -0.2) is 9.97 Å². The first kappa shape index (κ1) is 18.1. The third-order valence-corrected chi connectivity index (χ3v) is 4.80. The van der Waals surface area contributed by atoms with Gasteiger partial charge in [-0.25, -0.2) is 4.98 Å². The number of nitrogens with zero attached hydrogens (tertiary/aromatic N) is 2. The number of benzene rings is 2. The van der Waals surface area contributed by atoms with E-state index in [1.165, 1.54) is 0 Å². The number of aryl methyl sites for hydroxylation is 1. The third kappa shape index (κ3) is 5.36. The summed E-state index contributed by atoms with van der Waals surface area (Å²) in [4.78, 5) is 9.06. The molecule has 0 spiro atoms. The summed E-state index contributed by atoms with van der Waals surface area (Å²) < 4.78 is 5.84. The SMILES string of the molecule is CCc1cc(Oc2ccc(Cl)cc2)nc(SCc2cccc(Cl)c2)n1. The van der Waals surface area contributed by atoms with Crippen LogP contribution in [0.5, 0.6) is 11.6 Å². The average Bonchev–Trinajstić information content (AvgIpc) is 2.62. The van der Waals surface area contributed by atoms with Crippen molar-refractivity contribution in [2.45, 2.75) is 24.3 Å². The number of ether oxygens (including phenoxy) is 1. The molecule has 0 aliphatic heterocycles. The van der Waals surface area contributed by atoms with E-state index in [0.717, 1.165) is 28.5 Å². The van der Waals surface area contributed by atoms with Crippen molar-refractivity contribution < 1.29 is 4.74 Å². The zero-order valence-corrected chi connectivity index (χ0v) is 15.9. The van der Waals surface area contributed by atoms with Crippen LogP contribution in [0.15, 0.2) is 59.8 Å². The van der Waals surface area contributed by atoms with E-state index >= 15 is 0 Å². The Kier molecular flexibility index (Phi) is 6.19. The second-order valence-electron chi connectivity index (χ2n) is 5.31. The standard InChI is InChI=1S/C19H16Cl2N2OS/c1-2-16-11-18(24-17-8-6-14(20)7-9-17)23-19(22-16)25-12-13-4-3-5-15(21)10-13/h3-11H,2,12H2,1H3. The van der Waals surface area contributed by atoms with Gasteiger partial charge in [0, 0.05) is 27.6 Å². The van der Waals surface area contributed by atoms with E-state index in [0.29, 0.717) is 21.8 Å². The minimum absolute atomic E-state index is 0.530. The lowest BCUT2D eigenvalue weighted by Gasteiger charge is -2.09. The van der Waals surface area contributed by atoms with Crippen molar-refractivity contribution >= 4 is 35.0 Å². The van der Waals surface area contributed by atoms with Gasteiger partial charge in [0.1, 0.15) is 5.75 Å². The lowest BCUT2D eigenvalue weighted by Crippen LogP contribution is -1.97. The van der Waals surface area contributed by atoms with Crippen molar-refractivity contribution in [3.8, 4) is 11.6 Å². The van der Waals surface area contributed by atoms with Gasteiger partial charge < -0.3 is 4.74 Å². The normalized spacial score (nSPS) is 10.7. The van der Waals surface area contributed by atoms with Crippen molar-refractivity contribution in [3.05, 3.63) is 75.9 Å². The molecule has 0 aliphatic carbocycles. The van der Waals surface area contributed by atoms with E-state index < -0.39 is 0 Å².